The van der Waals surface area contributed by atoms with E-state index in [1.54, 1.807) is 0 Å². The van der Waals surface area contributed by atoms with E-state index in [1.165, 1.54) is 0 Å². The second-order valence-electron chi connectivity index (χ2n) is 3.54. The number of aromatic hydroxyl groups is 1. The Kier molecular flexibility index (Phi) is 1.94. The van der Waals surface area contributed by atoms with Gasteiger partial charge in [-0.05, 0) is 12.8 Å². The highest BCUT2D eigenvalue weighted by Crippen LogP contribution is 2.48. The summed E-state index contributed by atoms with van der Waals surface area (Å²) in [6, 6.07) is 0.785. The predicted octanol–water partition coefficient (Wildman–Crippen LogP) is 2.27. The average Bonchev–Trinajstić information content (AvgIpc) is 2.80. The first-order chi connectivity index (χ1) is 6.46. The van der Waals surface area contributed by atoms with Gasteiger partial charge in [0.2, 0.25) is 0 Å². The lowest BCUT2D eigenvalue weighted by molar-refractivity contribution is 0.438. The molecule has 0 heterocycles. The Bertz CT molecular complexity index is 404. The number of benzene rings is 1. The molecule has 3 N–H and O–H groups in total. The maximum atomic E-state index is 13.4. The van der Waals surface area contributed by atoms with Crippen LogP contribution in [-0.2, 0) is 5.54 Å². The highest BCUT2D eigenvalue weighted by atomic mass is 35.5. The molecule has 0 aliphatic heterocycles. The molecule has 1 saturated carbocycles. The van der Waals surface area contributed by atoms with Crippen LogP contribution in [-0.4, -0.2) is 5.11 Å². The number of halogens is 3. The van der Waals surface area contributed by atoms with Crippen LogP contribution in [0.25, 0.3) is 0 Å². The number of hydrogen-bond donors (Lipinski definition) is 2. The average molecular weight is 220 g/mol. The second kappa shape index (κ2) is 2.81. The summed E-state index contributed by atoms with van der Waals surface area (Å²) in [6.07, 6.45) is 1.14. The van der Waals surface area contributed by atoms with Crippen molar-refractivity contribution in [2.75, 3.05) is 0 Å². The summed E-state index contributed by atoms with van der Waals surface area (Å²) in [5.74, 6) is -2.40. The van der Waals surface area contributed by atoms with Gasteiger partial charge in [-0.1, -0.05) is 11.6 Å². The molecule has 76 valence electrons. The summed E-state index contributed by atoms with van der Waals surface area (Å²) in [5, 5.41) is 8.74. The fraction of sp³-hybridized carbons (Fsp3) is 0.333. The summed E-state index contributed by atoms with van der Waals surface area (Å²) < 4.78 is 26.3. The molecule has 2 nitrogen and oxygen atoms in total. The van der Waals surface area contributed by atoms with Gasteiger partial charge < -0.3 is 10.8 Å². The lowest BCUT2D eigenvalue weighted by Gasteiger charge is -2.13. The first kappa shape index (κ1) is 9.68. The van der Waals surface area contributed by atoms with Crippen molar-refractivity contribution in [3.8, 4) is 5.75 Å². The lowest BCUT2D eigenvalue weighted by atomic mass is 10.0. The van der Waals surface area contributed by atoms with Gasteiger partial charge in [-0.2, -0.15) is 0 Å². The van der Waals surface area contributed by atoms with Gasteiger partial charge in [-0.25, -0.2) is 8.78 Å². The first-order valence-electron chi connectivity index (χ1n) is 4.11. The van der Waals surface area contributed by atoms with Crippen molar-refractivity contribution in [2.24, 2.45) is 5.73 Å². The van der Waals surface area contributed by atoms with Crippen LogP contribution in [0.1, 0.15) is 18.4 Å². The van der Waals surface area contributed by atoms with Gasteiger partial charge in [0.15, 0.2) is 5.82 Å². The Morgan fingerprint density at radius 3 is 2.50 bits per heavy atom. The number of phenolic OH excluding ortho intramolecular Hbond substituents is 1. The second-order valence-corrected chi connectivity index (χ2v) is 3.91. The van der Waals surface area contributed by atoms with Gasteiger partial charge in [0.25, 0.3) is 0 Å². The summed E-state index contributed by atoms with van der Waals surface area (Å²) in [5.41, 5.74) is 4.76. The molecule has 0 saturated heterocycles. The Morgan fingerprint density at radius 1 is 1.43 bits per heavy atom. The Hall–Kier alpha value is -0.870. The molecule has 0 bridgehead atoms. The maximum Gasteiger partial charge on any atom is 0.153 e. The van der Waals surface area contributed by atoms with E-state index >= 15 is 0 Å². The smallest absolute Gasteiger partial charge is 0.153 e. The van der Waals surface area contributed by atoms with E-state index in [0.717, 1.165) is 6.07 Å². The van der Waals surface area contributed by atoms with Crippen LogP contribution in [0.4, 0.5) is 8.78 Å². The number of phenols is 1. The van der Waals surface area contributed by atoms with Crippen molar-refractivity contribution in [3.05, 3.63) is 28.3 Å². The quantitative estimate of drug-likeness (QED) is 0.712. The summed E-state index contributed by atoms with van der Waals surface area (Å²) >= 11 is 5.37. The zero-order valence-corrected chi connectivity index (χ0v) is 7.91. The number of nitrogens with two attached hydrogens (primary N) is 1. The highest BCUT2D eigenvalue weighted by molar-refractivity contribution is 6.31. The van der Waals surface area contributed by atoms with Crippen LogP contribution in [0, 0.1) is 11.6 Å². The third-order valence-corrected chi connectivity index (χ3v) is 2.77. The van der Waals surface area contributed by atoms with Crippen LogP contribution >= 0.6 is 11.6 Å². The molecule has 0 atom stereocenters. The van der Waals surface area contributed by atoms with E-state index in [0.29, 0.717) is 12.8 Å². The standard InChI is InChI=1S/C9H8ClF2NO/c10-7-4(11)3-5(14)6(8(7)12)9(13)1-2-9/h3,14H,1-2,13H2. The van der Waals surface area contributed by atoms with Crippen molar-refractivity contribution < 1.29 is 13.9 Å². The van der Waals surface area contributed by atoms with Crippen LogP contribution in [0.3, 0.4) is 0 Å². The topological polar surface area (TPSA) is 46.2 Å². The van der Waals surface area contributed by atoms with Gasteiger partial charge in [0.1, 0.15) is 16.6 Å². The molecule has 0 amide bonds. The largest absolute Gasteiger partial charge is 0.507 e. The van der Waals surface area contributed by atoms with Crippen molar-refractivity contribution in [1.29, 1.82) is 0 Å². The van der Waals surface area contributed by atoms with Gasteiger partial charge >= 0.3 is 0 Å². The molecule has 0 unspecified atom stereocenters. The molecule has 1 aliphatic carbocycles. The Labute approximate surface area is 84.3 Å². The lowest BCUT2D eigenvalue weighted by Crippen LogP contribution is -2.21. The summed E-state index contributed by atoms with van der Waals surface area (Å²) in [7, 11) is 0. The molecule has 5 heteroatoms. The van der Waals surface area contributed by atoms with Crippen molar-refractivity contribution in [3.63, 3.8) is 0 Å². The molecule has 14 heavy (non-hydrogen) atoms. The molecule has 0 spiro atoms. The SMILES string of the molecule is NC1(c2c(O)cc(F)c(Cl)c2F)CC1. The third-order valence-electron chi connectivity index (χ3n) is 2.43. The van der Waals surface area contributed by atoms with Crippen LogP contribution in [0.15, 0.2) is 6.07 Å². The molecule has 1 fully saturated rings. The minimum Gasteiger partial charge on any atom is -0.507 e. The summed E-state index contributed by atoms with van der Waals surface area (Å²) in [6.45, 7) is 0. The van der Waals surface area contributed by atoms with E-state index in [2.05, 4.69) is 0 Å². The molecule has 0 aromatic heterocycles. The Balaban J connectivity index is 2.65. The minimum atomic E-state index is -0.977. The molecule has 1 aliphatic rings. The third kappa shape index (κ3) is 1.26. The highest BCUT2D eigenvalue weighted by Gasteiger charge is 2.45. The van der Waals surface area contributed by atoms with Crippen molar-refractivity contribution in [1.82, 2.24) is 0 Å². The number of hydrogen-bond acceptors (Lipinski definition) is 2. The predicted molar refractivity (Wildman–Crippen MR) is 48.1 cm³/mol. The van der Waals surface area contributed by atoms with Gasteiger partial charge in [0.05, 0.1) is 5.56 Å². The number of rotatable bonds is 1. The zero-order valence-electron chi connectivity index (χ0n) is 7.15. The van der Waals surface area contributed by atoms with E-state index < -0.39 is 27.9 Å². The van der Waals surface area contributed by atoms with Crippen molar-refractivity contribution in [2.45, 2.75) is 18.4 Å². The minimum absolute atomic E-state index is 0.0797. The monoisotopic (exact) mass is 219 g/mol. The van der Waals surface area contributed by atoms with E-state index in [-0.39, 0.29) is 5.56 Å². The van der Waals surface area contributed by atoms with Crippen LogP contribution in [0.5, 0.6) is 5.75 Å². The fourth-order valence-electron chi connectivity index (χ4n) is 1.44. The Morgan fingerprint density at radius 2 is 2.00 bits per heavy atom. The van der Waals surface area contributed by atoms with Gasteiger partial charge in [-0.3, -0.25) is 0 Å². The molecule has 2 rings (SSSR count). The molecular formula is C9H8ClF2NO. The zero-order chi connectivity index (χ0) is 10.5. The van der Waals surface area contributed by atoms with Crippen molar-refractivity contribution >= 4 is 11.6 Å². The van der Waals surface area contributed by atoms with E-state index in [1.807, 2.05) is 0 Å². The molecule has 1 aromatic carbocycles. The fourth-order valence-corrected chi connectivity index (χ4v) is 1.59. The molecule has 1 aromatic rings. The molecular weight excluding hydrogens is 212 g/mol. The summed E-state index contributed by atoms with van der Waals surface area (Å²) in [4.78, 5) is 0. The maximum absolute atomic E-state index is 13.4. The van der Waals surface area contributed by atoms with Gasteiger partial charge in [-0.15, -0.1) is 0 Å². The first-order valence-corrected chi connectivity index (χ1v) is 4.49. The van der Waals surface area contributed by atoms with Crippen LogP contribution < -0.4 is 5.73 Å². The van der Waals surface area contributed by atoms with Gasteiger partial charge in [0, 0.05) is 11.6 Å². The van der Waals surface area contributed by atoms with Crippen LogP contribution in [0.2, 0.25) is 5.02 Å². The van der Waals surface area contributed by atoms with E-state index in [9.17, 15) is 13.9 Å². The normalized spacial score (nSPS) is 18.3. The van der Waals surface area contributed by atoms with E-state index in [4.69, 9.17) is 17.3 Å². The molecule has 0 radical (unpaired) electrons.